The summed E-state index contributed by atoms with van der Waals surface area (Å²) in [7, 11) is 1.62. The molecule has 2 amide bonds. The number of methoxy groups -OCH3 is 1. The van der Waals surface area contributed by atoms with Crippen LogP contribution in [0.5, 0.6) is 5.75 Å². The third-order valence-corrected chi connectivity index (χ3v) is 5.39. The number of amides is 2. The number of quaternary nitrogens is 1. The van der Waals surface area contributed by atoms with Gasteiger partial charge in [0.25, 0.3) is 5.91 Å². The van der Waals surface area contributed by atoms with Gasteiger partial charge in [0.15, 0.2) is 6.04 Å². The average molecular weight is 397 g/mol. The van der Waals surface area contributed by atoms with E-state index in [1.807, 2.05) is 55.6 Å². The second kappa shape index (κ2) is 9.56. The van der Waals surface area contributed by atoms with E-state index in [4.69, 9.17) is 4.74 Å². The highest BCUT2D eigenvalue weighted by Crippen LogP contribution is 2.14. The maximum Gasteiger partial charge on any atom is 0.279 e. The van der Waals surface area contributed by atoms with Crippen LogP contribution in [-0.2, 0) is 29.1 Å². The molecule has 2 aromatic carbocycles. The fourth-order valence-corrected chi connectivity index (χ4v) is 3.58. The number of nitrogens with two attached hydrogens (primary N) is 1. The lowest BCUT2D eigenvalue weighted by Crippen LogP contribution is -2.93. The Hall–Kier alpha value is -2.86. The van der Waals surface area contributed by atoms with Gasteiger partial charge in [0.05, 0.1) is 7.11 Å². The Balaban J connectivity index is 1.57. The lowest BCUT2D eigenvalue weighted by molar-refractivity contribution is -0.695. The molecular formula is C23H30N3O3+. The van der Waals surface area contributed by atoms with E-state index in [0.717, 1.165) is 17.9 Å². The van der Waals surface area contributed by atoms with Gasteiger partial charge in [-0.1, -0.05) is 50.2 Å². The minimum Gasteiger partial charge on any atom is -0.497 e. The zero-order valence-electron chi connectivity index (χ0n) is 17.3. The third kappa shape index (κ3) is 5.35. The van der Waals surface area contributed by atoms with Crippen molar-refractivity contribution in [3.63, 3.8) is 0 Å². The summed E-state index contributed by atoms with van der Waals surface area (Å²) in [5.74, 6) is 0.515. The van der Waals surface area contributed by atoms with Gasteiger partial charge in [-0.15, -0.1) is 0 Å². The van der Waals surface area contributed by atoms with Crippen LogP contribution >= 0.6 is 0 Å². The molecule has 29 heavy (non-hydrogen) atoms. The predicted molar refractivity (Wildman–Crippen MR) is 111 cm³/mol. The molecule has 0 unspecified atom stereocenters. The molecule has 0 saturated carbocycles. The zero-order valence-corrected chi connectivity index (χ0v) is 17.3. The number of ether oxygens (including phenoxy) is 1. The summed E-state index contributed by atoms with van der Waals surface area (Å²) < 4.78 is 5.15. The number of nitrogens with one attached hydrogen (secondary N) is 2. The van der Waals surface area contributed by atoms with Crippen LogP contribution in [0.3, 0.4) is 0 Å². The first-order valence-electron chi connectivity index (χ1n) is 10.1. The predicted octanol–water partition coefficient (Wildman–Crippen LogP) is 1.14. The quantitative estimate of drug-likeness (QED) is 0.656. The van der Waals surface area contributed by atoms with Crippen LogP contribution in [0.2, 0.25) is 0 Å². The molecule has 2 aromatic rings. The Morgan fingerprint density at radius 1 is 1.10 bits per heavy atom. The molecule has 0 bridgehead atoms. The van der Waals surface area contributed by atoms with Crippen molar-refractivity contribution in [3.8, 4) is 5.75 Å². The highest BCUT2D eigenvalue weighted by Gasteiger charge is 2.32. The molecule has 6 heteroatoms. The van der Waals surface area contributed by atoms with Crippen LogP contribution in [0.15, 0.2) is 48.5 Å². The molecule has 1 aliphatic rings. The van der Waals surface area contributed by atoms with Crippen LogP contribution in [0.4, 0.5) is 0 Å². The summed E-state index contributed by atoms with van der Waals surface area (Å²) in [6, 6.07) is 15.0. The molecule has 1 heterocycles. The SMILES string of the molecule is COc1ccc(CNC(=O)[C@@H](NC(=O)[C@@H]2Cc3ccccc3C[NH2+]2)C(C)C)cc1. The van der Waals surface area contributed by atoms with Gasteiger partial charge in [-0.2, -0.15) is 0 Å². The summed E-state index contributed by atoms with van der Waals surface area (Å²) in [6.45, 7) is 5.07. The van der Waals surface area contributed by atoms with E-state index in [1.165, 1.54) is 11.1 Å². The fraction of sp³-hybridized carbons (Fsp3) is 0.391. The van der Waals surface area contributed by atoms with Crippen LogP contribution in [0.1, 0.15) is 30.5 Å². The van der Waals surface area contributed by atoms with Crippen LogP contribution in [0, 0.1) is 5.92 Å². The van der Waals surface area contributed by atoms with Gasteiger partial charge in [-0.05, 0) is 29.2 Å². The highest BCUT2D eigenvalue weighted by molar-refractivity contribution is 5.89. The summed E-state index contributed by atoms with van der Waals surface area (Å²) in [5, 5.41) is 7.95. The van der Waals surface area contributed by atoms with E-state index in [-0.39, 0.29) is 23.8 Å². The number of carbonyl (C=O) groups is 2. The van der Waals surface area contributed by atoms with E-state index < -0.39 is 6.04 Å². The Morgan fingerprint density at radius 3 is 2.45 bits per heavy atom. The van der Waals surface area contributed by atoms with Crippen LogP contribution < -0.4 is 20.7 Å². The van der Waals surface area contributed by atoms with Crippen molar-refractivity contribution in [2.75, 3.05) is 7.11 Å². The minimum atomic E-state index is -0.564. The lowest BCUT2D eigenvalue weighted by Gasteiger charge is -2.26. The Labute approximate surface area is 172 Å². The van der Waals surface area contributed by atoms with Gasteiger partial charge in [-0.25, -0.2) is 0 Å². The van der Waals surface area contributed by atoms with E-state index in [9.17, 15) is 9.59 Å². The van der Waals surface area contributed by atoms with Gasteiger partial charge < -0.3 is 20.7 Å². The number of hydrogen-bond donors (Lipinski definition) is 3. The summed E-state index contributed by atoms with van der Waals surface area (Å²) in [6.07, 6.45) is 0.681. The van der Waals surface area contributed by atoms with Crippen LogP contribution in [-0.4, -0.2) is 31.0 Å². The highest BCUT2D eigenvalue weighted by atomic mass is 16.5. The van der Waals surface area contributed by atoms with Gasteiger partial charge in [-0.3, -0.25) is 9.59 Å². The van der Waals surface area contributed by atoms with Gasteiger partial charge in [0.1, 0.15) is 18.3 Å². The molecule has 2 atom stereocenters. The summed E-state index contributed by atoms with van der Waals surface area (Å²) >= 11 is 0. The van der Waals surface area contributed by atoms with Crippen molar-refractivity contribution in [2.24, 2.45) is 5.92 Å². The molecule has 6 nitrogen and oxygen atoms in total. The van der Waals surface area contributed by atoms with E-state index in [0.29, 0.717) is 13.0 Å². The molecule has 3 rings (SSSR count). The minimum absolute atomic E-state index is 0.00862. The number of benzene rings is 2. The smallest absolute Gasteiger partial charge is 0.279 e. The number of fused-ring (bicyclic) bond motifs is 1. The summed E-state index contributed by atoms with van der Waals surface area (Å²) in [5.41, 5.74) is 3.46. The maximum absolute atomic E-state index is 12.8. The van der Waals surface area contributed by atoms with Gasteiger partial charge in [0.2, 0.25) is 5.91 Å². The van der Waals surface area contributed by atoms with E-state index in [2.05, 4.69) is 22.8 Å². The van der Waals surface area contributed by atoms with Crippen molar-refractivity contribution in [1.82, 2.24) is 10.6 Å². The monoisotopic (exact) mass is 396 g/mol. The van der Waals surface area contributed by atoms with Crippen molar-refractivity contribution < 1.29 is 19.6 Å². The first kappa shape index (κ1) is 20.9. The molecule has 154 valence electrons. The van der Waals surface area contributed by atoms with Crippen LogP contribution in [0.25, 0.3) is 0 Å². The Morgan fingerprint density at radius 2 is 1.79 bits per heavy atom. The standard InChI is InChI=1S/C23H29N3O3/c1-15(2)21(23(28)25-13-16-8-10-19(29-3)11-9-16)26-22(27)20-12-17-6-4-5-7-18(17)14-24-20/h4-11,15,20-21,24H,12-14H2,1-3H3,(H,25,28)(H,26,27)/p+1/t20-,21-/m0/s1. The maximum atomic E-state index is 12.8. The Kier molecular flexibility index (Phi) is 6.88. The van der Waals surface area contributed by atoms with Crippen molar-refractivity contribution in [1.29, 1.82) is 0 Å². The van der Waals surface area contributed by atoms with Crippen molar-refractivity contribution in [2.45, 2.75) is 45.4 Å². The zero-order chi connectivity index (χ0) is 20.8. The Bertz CT molecular complexity index is 849. The molecule has 0 spiro atoms. The number of carbonyl (C=O) groups excluding carboxylic acids is 2. The molecule has 0 saturated heterocycles. The molecule has 4 N–H and O–H groups in total. The summed E-state index contributed by atoms with van der Waals surface area (Å²) in [4.78, 5) is 25.6. The topological polar surface area (TPSA) is 84.0 Å². The largest absolute Gasteiger partial charge is 0.497 e. The lowest BCUT2D eigenvalue weighted by atomic mass is 9.94. The first-order chi connectivity index (χ1) is 14.0. The molecule has 0 radical (unpaired) electrons. The number of rotatable bonds is 7. The average Bonchev–Trinajstić information content (AvgIpc) is 2.75. The van der Waals surface area contributed by atoms with Gasteiger partial charge in [0, 0.05) is 18.5 Å². The number of hydrogen-bond acceptors (Lipinski definition) is 3. The fourth-order valence-electron chi connectivity index (χ4n) is 3.58. The molecule has 0 aromatic heterocycles. The van der Waals surface area contributed by atoms with Crippen molar-refractivity contribution in [3.05, 3.63) is 65.2 Å². The molecule has 0 aliphatic carbocycles. The van der Waals surface area contributed by atoms with E-state index in [1.54, 1.807) is 7.11 Å². The normalized spacial score (nSPS) is 16.6. The van der Waals surface area contributed by atoms with Crippen molar-refractivity contribution >= 4 is 11.8 Å². The second-order valence-electron chi connectivity index (χ2n) is 7.82. The molecule has 1 aliphatic heterocycles. The van der Waals surface area contributed by atoms with Gasteiger partial charge >= 0.3 is 0 Å². The second-order valence-corrected chi connectivity index (χ2v) is 7.82. The van der Waals surface area contributed by atoms with E-state index >= 15 is 0 Å². The molecular weight excluding hydrogens is 366 g/mol. The third-order valence-electron chi connectivity index (χ3n) is 5.39. The first-order valence-corrected chi connectivity index (χ1v) is 10.1. The molecule has 0 fully saturated rings.